The summed E-state index contributed by atoms with van der Waals surface area (Å²) in [5.74, 6) is 0.919. The molecule has 1 unspecified atom stereocenters. The molecule has 2 fully saturated rings. The van der Waals surface area contributed by atoms with Gasteiger partial charge in [0, 0.05) is 19.1 Å². The Morgan fingerprint density at radius 1 is 1.44 bits per heavy atom. The number of piperidine rings is 1. The summed E-state index contributed by atoms with van der Waals surface area (Å²) in [6.07, 6.45) is 6.60. The standard InChI is InChI=1S/C14H26N2O2/c1-2-18-13-8-12(9-13)16-14(17)6-5-11-4-3-7-15-10-11/h11-13,15H,2-10H2,1H3,(H,16,17). The van der Waals surface area contributed by atoms with Crippen LogP contribution in [0.15, 0.2) is 0 Å². The van der Waals surface area contributed by atoms with Crippen LogP contribution in [-0.4, -0.2) is 37.7 Å². The lowest BCUT2D eigenvalue weighted by molar-refractivity contribution is -0.124. The van der Waals surface area contributed by atoms with Gasteiger partial charge in [-0.1, -0.05) is 0 Å². The van der Waals surface area contributed by atoms with Crippen LogP contribution < -0.4 is 10.6 Å². The Labute approximate surface area is 110 Å². The first-order chi connectivity index (χ1) is 8.78. The monoisotopic (exact) mass is 254 g/mol. The second kappa shape index (κ2) is 7.10. The van der Waals surface area contributed by atoms with E-state index in [1.54, 1.807) is 0 Å². The highest BCUT2D eigenvalue weighted by molar-refractivity contribution is 5.76. The van der Waals surface area contributed by atoms with E-state index in [2.05, 4.69) is 10.6 Å². The van der Waals surface area contributed by atoms with Crippen molar-refractivity contribution in [1.82, 2.24) is 10.6 Å². The minimum absolute atomic E-state index is 0.223. The van der Waals surface area contributed by atoms with Gasteiger partial charge in [0.15, 0.2) is 0 Å². The average Bonchev–Trinajstić information content (AvgIpc) is 2.35. The highest BCUT2D eigenvalue weighted by atomic mass is 16.5. The summed E-state index contributed by atoms with van der Waals surface area (Å²) in [6, 6.07) is 0.360. The summed E-state index contributed by atoms with van der Waals surface area (Å²) in [7, 11) is 0. The zero-order valence-electron chi connectivity index (χ0n) is 11.4. The first kappa shape index (κ1) is 13.8. The van der Waals surface area contributed by atoms with Crippen LogP contribution in [0.25, 0.3) is 0 Å². The fraction of sp³-hybridized carbons (Fsp3) is 0.929. The van der Waals surface area contributed by atoms with E-state index in [9.17, 15) is 4.79 Å². The van der Waals surface area contributed by atoms with E-state index in [0.29, 0.717) is 24.5 Å². The lowest BCUT2D eigenvalue weighted by Gasteiger charge is -2.35. The summed E-state index contributed by atoms with van der Waals surface area (Å²) in [4.78, 5) is 11.8. The van der Waals surface area contributed by atoms with Crippen molar-refractivity contribution in [3.05, 3.63) is 0 Å². The van der Waals surface area contributed by atoms with Crippen LogP contribution in [0.3, 0.4) is 0 Å². The Hall–Kier alpha value is -0.610. The van der Waals surface area contributed by atoms with Gasteiger partial charge < -0.3 is 15.4 Å². The molecule has 104 valence electrons. The maximum absolute atomic E-state index is 11.8. The average molecular weight is 254 g/mol. The van der Waals surface area contributed by atoms with Crippen LogP contribution in [0.1, 0.15) is 45.4 Å². The normalized spacial score (nSPS) is 31.7. The molecule has 1 atom stereocenters. The zero-order valence-corrected chi connectivity index (χ0v) is 11.4. The van der Waals surface area contributed by atoms with Gasteiger partial charge in [0.1, 0.15) is 0 Å². The van der Waals surface area contributed by atoms with Crippen molar-refractivity contribution in [2.75, 3.05) is 19.7 Å². The highest BCUT2D eigenvalue weighted by Gasteiger charge is 2.30. The molecule has 1 aliphatic heterocycles. The minimum Gasteiger partial charge on any atom is -0.378 e. The highest BCUT2D eigenvalue weighted by Crippen LogP contribution is 2.23. The summed E-state index contributed by atoms with van der Waals surface area (Å²) >= 11 is 0. The molecular weight excluding hydrogens is 228 g/mol. The van der Waals surface area contributed by atoms with E-state index in [1.165, 1.54) is 12.8 Å². The molecular formula is C14H26N2O2. The largest absolute Gasteiger partial charge is 0.378 e. The van der Waals surface area contributed by atoms with Crippen LogP contribution in [-0.2, 0) is 9.53 Å². The third-order valence-corrected chi connectivity index (χ3v) is 4.04. The Balaban J connectivity index is 1.53. The Bertz CT molecular complexity index is 259. The van der Waals surface area contributed by atoms with Gasteiger partial charge in [0.05, 0.1) is 6.10 Å². The van der Waals surface area contributed by atoms with Crippen LogP contribution in [0.4, 0.5) is 0 Å². The van der Waals surface area contributed by atoms with E-state index in [1.807, 2.05) is 6.92 Å². The molecule has 2 N–H and O–H groups in total. The molecule has 2 aliphatic rings. The second-order valence-corrected chi connectivity index (χ2v) is 5.56. The molecule has 0 spiro atoms. The number of rotatable bonds is 6. The molecule has 4 heteroatoms. The SMILES string of the molecule is CCOC1CC(NC(=O)CCC2CCCNC2)C1. The van der Waals surface area contributed by atoms with Crippen molar-refractivity contribution < 1.29 is 9.53 Å². The molecule has 0 radical (unpaired) electrons. The number of carbonyl (C=O) groups excluding carboxylic acids is 1. The van der Waals surface area contributed by atoms with Crippen molar-refractivity contribution in [2.24, 2.45) is 5.92 Å². The van der Waals surface area contributed by atoms with E-state index < -0.39 is 0 Å². The van der Waals surface area contributed by atoms with Crippen LogP contribution >= 0.6 is 0 Å². The zero-order chi connectivity index (χ0) is 12.8. The van der Waals surface area contributed by atoms with Crippen LogP contribution in [0.5, 0.6) is 0 Å². The van der Waals surface area contributed by atoms with Gasteiger partial charge in [-0.3, -0.25) is 4.79 Å². The van der Waals surface area contributed by atoms with Crippen LogP contribution in [0, 0.1) is 5.92 Å². The van der Waals surface area contributed by atoms with Crippen molar-refractivity contribution in [2.45, 2.75) is 57.6 Å². The number of hydrogen-bond donors (Lipinski definition) is 2. The summed E-state index contributed by atoms with van der Waals surface area (Å²) < 4.78 is 5.49. The smallest absolute Gasteiger partial charge is 0.220 e. The summed E-state index contributed by atoms with van der Waals surface area (Å²) in [5.41, 5.74) is 0. The Morgan fingerprint density at radius 2 is 2.28 bits per heavy atom. The van der Waals surface area contributed by atoms with E-state index in [0.717, 1.165) is 39.0 Å². The molecule has 0 aromatic carbocycles. The van der Waals surface area contributed by atoms with Crippen molar-refractivity contribution in [3.8, 4) is 0 Å². The lowest BCUT2D eigenvalue weighted by atomic mass is 9.88. The number of ether oxygens (including phenoxy) is 1. The molecule has 0 aromatic rings. The molecule has 1 heterocycles. The molecule has 1 saturated carbocycles. The molecule has 0 bridgehead atoms. The third-order valence-electron chi connectivity index (χ3n) is 4.04. The minimum atomic E-state index is 0.223. The van der Waals surface area contributed by atoms with Gasteiger partial charge in [-0.15, -0.1) is 0 Å². The Morgan fingerprint density at radius 3 is 2.94 bits per heavy atom. The maximum atomic E-state index is 11.8. The predicted molar refractivity (Wildman–Crippen MR) is 71.4 cm³/mol. The fourth-order valence-electron chi connectivity index (χ4n) is 2.86. The van der Waals surface area contributed by atoms with Gasteiger partial charge >= 0.3 is 0 Å². The van der Waals surface area contributed by atoms with E-state index >= 15 is 0 Å². The van der Waals surface area contributed by atoms with Crippen molar-refractivity contribution in [1.29, 1.82) is 0 Å². The first-order valence-corrected chi connectivity index (χ1v) is 7.39. The molecule has 1 aliphatic carbocycles. The van der Waals surface area contributed by atoms with Gasteiger partial charge in [0.2, 0.25) is 5.91 Å². The fourth-order valence-corrected chi connectivity index (χ4v) is 2.86. The molecule has 4 nitrogen and oxygen atoms in total. The number of amides is 1. The number of hydrogen-bond acceptors (Lipinski definition) is 3. The Kier molecular flexibility index (Phi) is 5.45. The first-order valence-electron chi connectivity index (χ1n) is 7.39. The molecule has 2 rings (SSSR count). The van der Waals surface area contributed by atoms with Gasteiger partial charge in [0.25, 0.3) is 0 Å². The summed E-state index contributed by atoms with van der Waals surface area (Å²) in [5, 5.41) is 6.50. The number of nitrogens with one attached hydrogen (secondary N) is 2. The van der Waals surface area contributed by atoms with Gasteiger partial charge in [-0.2, -0.15) is 0 Å². The van der Waals surface area contributed by atoms with E-state index in [-0.39, 0.29) is 5.91 Å². The maximum Gasteiger partial charge on any atom is 0.220 e. The van der Waals surface area contributed by atoms with Gasteiger partial charge in [-0.25, -0.2) is 0 Å². The van der Waals surface area contributed by atoms with Crippen molar-refractivity contribution in [3.63, 3.8) is 0 Å². The van der Waals surface area contributed by atoms with Crippen LogP contribution in [0.2, 0.25) is 0 Å². The molecule has 1 amide bonds. The number of carbonyl (C=O) groups is 1. The quantitative estimate of drug-likeness (QED) is 0.754. The summed E-state index contributed by atoms with van der Waals surface area (Å²) in [6.45, 7) is 5.02. The predicted octanol–water partition coefficient (Wildman–Crippen LogP) is 1.45. The van der Waals surface area contributed by atoms with Crippen molar-refractivity contribution >= 4 is 5.91 Å². The topological polar surface area (TPSA) is 50.4 Å². The van der Waals surface area contributed by atoms with E-state index in [4.69, 9.17) is 4.74 Å². The second-order valence-electron chi connectivity index (χ2n) is 5.56. The molecule has 1 saturated heterocycles. The lowest BCUT2D eigenvalue weighted by Crippen LogP contribution is -2.47. The van der Waals surface area contributed by atoms with Gasteiger partial charge in [-0.05, 0) is 58.0 Å². The third kappa shape index (κ3) is 4.25. The molecule has 0 aromatic heterocycles. The molecule has 18 heavy (non-hydrogen) atoms.